The van der Waals surface area contributed by atoms with E-state index in [-0.39, 0.29) is 0 Å². The number of nitrogens with zero attached hydrogens (tertiary/aromatic N) is 3. The van der Waals surface area contributed by atoms with Gasteiger partial charge in [0.25, 0.3) is 0 Å². The van der Waals surface area contributed by atoms with Crippen LogP contribution in [0.25, 0.3) is 0 Å². The molecule has 0 N–H and O–H groups in total. The Kier molecular flexibility index (Phi) is 4.01. The summed E-state index contributed by atoms with van der Waals surface area (Å²) in [6.45, 7) is 5.99. The maximum absolute atomic E-state index is 12.1. The van der Waals surface area contributed by atoms with Crippen LogP contribution in [0.1, 0.15) is 31.7 Å². The summed E-state index contributed by atoms with van der Waals surface area (Å²) in [5, 5.41) is 0. The van der Waals surface area contributed by atoms with Crippen molar-refractivity contribution in [1.29, 1.82) is 0 Å². The van der Waals surface area contributed by atoms with Crippen LogP contribution in [0.4, 0.5) is 0 Å². The van der Waals surface area contributed by atoms with Crippen molar-refractivity contribution in [2.75, 3.05) is 19.6 Å². The zero-order chi connectivity index (χ0) is 13.9. The Morgan fingerprint density at radius 3 is 2.60 bits per heavy atom. The van der Waals surface area contributed by atoms with Gasteiger partial charge in [-0.05, 0) is 37.1 Å². The van der Waals surface area contributed by atoms with Crippen molar-refractivity contribution in [3.63, 3.8) is 0 Å². The Morgan fingerprint density at radius 1 is 1.35 bits per heavy atom. The molecular weight excluding hydrogens is 250 g/mol. The second-order valence-corrected chi connectivity index (χ2v) is 5.94. The van der Waals surface area contributed by atoms with E-state index >= 15 is 0 Å². The maximum atomic E-state index is 12.1. The van der Waals surface area contributed by atoms with Crippen molar-refractivity contribution in [3.8, 4) is 0 Å². The molecule has 0 spiro atoms. The van der Waals surface area contributed by atoms with Crippen LogP contribution in [0.5, 0.6) is 0 Å². The summed E-state index contributed by atoms with van der Waals surface area (Å²) in [5.74, 6) is 0.735. The maximum Gasteiger partial charge on any atom is 0.225 e. The van der Waals surface area contributed by atoms with Crippen LogP contribution in [0, 0.1) is 5.92 Å². The Hall–Kier alpha value is -1.42. The van der Waals surface area contributed by atoms with E-state index in [9.17, 15) is 4.79 Å². The highest BCUT2D eigenvalue weighted by Crippen LogP contribution is 2.30. The lowest BCUT2D eigenvalue weighted by Gasteiger charge is -2.47. The summed E-state index contributed by atoms with van der Waals surface area (Å²) in [4.78, 5) is 20.7. The van der Waals surface area contributed by atoms with E-state index in [1.165, 1.54) is 12.0 Å². The quantitative estimate of drug-likeness (QED) is 0.822. The van der Waals surface area contributed by atoms with Gasteiger partial charge in [0.05, 0.1) is 0 Å². The summed E-state index contributed by atoms with van der Waals surface area (Å²) in [7, 11) is 0. The average Bonchev–Trinajstić information content (AvgIpc) is 2.35. The molecule has 1 aliphatic carbocycles. The number of aromatic nitrogens is 1. The number of rotatable bonds is 5. The number of pyridine rings is 1. The zero-order valence-electron chi connectivity index (χ0n) is 12.2. The lowest BCUT2D eigenvalue weighted by molar-refractivity contribution is -0.146. The fourth-order valence-electron chi connectivity index (χ4n) is 3.00. The van der Waals surface area contributed by atoms with Gasteiger partial charge in [-0.25, -0.2) is 0 Å². The summed E-state index contributed by atoms with van der Waals surface area (Å²) in [6, 6.07) is 4.66. The molecule has 0 aromatic carbocycles. The standard InChI is InChI=1S/C16H23N3O/c1-2-18(10-13-6-8-17-9-7-13)15-11-19(12-15)16(20)14-4-3-5-14/h6-9,14-15H,2-5,10-12H2,1H3. The number of hydrogen-bond acceptors (Lipinski definition) is 3. The third-order valence-electron chi connectivity index (χ3n) is 4.69. The van der Waals surface area contributed by atoms with E-state index in [0.29, 0.717) is 17.9 Å². The zero-order valence-corrected chi connectivity index (χ0v) is 12.2. The van der Waals surface area contributed by atoms with E-state index in [1.54, 1.807) is 0 Å². The predicted octanol–water partition coefficient (Wildman–Crippen LogP) is 1.91. The molecule has 1 aromatic heterocycles. The largest absolute Gasteiger partial charge is 0.339 e. The molecule has 0 bridgehead atoms. The third kappa shape index (κ3) is 2.70. The lowest BCUT2D eigenvalue weighted by atomic mass is 9.83. The second-order valence-electron chi connectivity index (χ2n) is 5.94. The Labute approximate surface area is 120 Å². The first-order valence-corrected chi connectivity index (χ1v) is 7.69. The van der Waals surface area contributed by atoms with Gasteiger partial charge in [0, 0.05) is 44.0 Å². The fourth-order valence-corrected chi connectivity index (χ4v) is 3.00. The molecule has 2 heterocycles. The Morgan fingerprint density at radius 2 is 2.05 bits per heavy atom. The first kappa shape index (κ1) is 13.6. The van der Waals surface area contributed by atoms with Crippen molar-refractivity contribution in [2.45, 2.75) is 38.8 Å². The molecule has 0 atom stereocenters. The van der Waals surface area contributed by atoms with Crippen molar-refractivity contribution in [1.82, 2.24) is 14.8 Å². The van der Waals surface area contributed by atoms with Gasteiger partial charge in [0.2, 0.25) is 5.91 Å². The molecule has 1 saturated carbocycles. The molecule has 1 saturated heterocycles. The monoisotopic (exact) mass is 273 g/mol. The molecule has 20 heavy (non-hydrogen) atoms. The molecule has 0 unspecified atom stereocenters. The first-order chi connectivity index (χ1) is 9.78. The van der Waals surface area contributed by atoms with Gasteiger partial charge >= 0.3 is 0 Å². The minimum atomic E-state index is 0.339. The van der Waals surface area contributed by atoms with E-state index in [4.69, 9.17) is 0 Å². The van der Waals surface area contributed by atoms with Crippen LogP contribution < -0.4 is 0 Å². The minimum Gasteiger partial charge on any atom is -0.339 e. The average molecular weight is 273 g/mol. The third-order valence-corrected chi connectivity index (χ3v) is 4.69. The summed E-state index contributed by atoms with van der Waals surface area (Å²) in [5.41, 5.74) is 1.30. The summed E-state index contributed by atoms with van der Waals surface area (Å²) in [6.07, 6.45) is 7.13. The predicted molar refractivity (Wildman–Crippen MR) is 78.0 cm³/mol. The van der Waals surface area contributed by atoms with Crippen LogP contribution in [0.15, 0.2) is 24.5 Å². The van der Waals surface area contributed by atoms with Crippen LogP contribution in [0.2, 0.25) is 0 Å². The van der Waals surface area contributed by atoms with Crippen LogP contribution >= 0.6 is 0 Å². The Balaban J connectivity index is 1.50. The van der Waals surface area contributed by atoms with Gasteiger partial charge < -0.3 is 4.90 Å². The van der Waals surface area contributed by atoms with E-state index in [1.807, 2.05) is 17.3 Å². The van der Waals surface area contributed by atoms with Gasteiger partial charge in [-0.3, -0.25) is 14.7 Å². The normalized spacial score (nSPS) is 19.8. The fraction of sp³-hybridized carbons (Fsp3) is 0.625. The number of hydrogen-bond donors (Lipinski definition) is 0. The van der Waals surface area contributed by atoms with Gasteiger partial charge in [-0.1, -0.05) is 13.3 Å². The molecule has 2 fully saturated rings. The van der Waals surface area contributed by atoms with Crippen molar-refractivity contribution in [3.05, 3.63) is 30.1 Å². The second kappa shape index (κ2) is 5.92. The molecule has 2 aliphatic rings. The molecule has 4 nitrogen and oxygen atoms in total. The number of likely N-dealkylation sites (tertiary alicyclic amines) is 1. The van der Waals surface area contributed by atoms with Gasteiger partial charge in [0.15, 0.2) is 0 Å². The molecule has 108 valence electrons. The van der Waals surface area contributed by atoms with Crippen molar-refractivity contribution >= 4 is 5.91 Å². The van der Waals surface area contributed by atoms with Crippen molar-refractivity contribution < 1.29 is 4.79 Å². The summed E-state index contributed by atoms with van der Waals surface area (Å²) >= 11 is 0. The highest BCUT2D eigenvalue weighted by atomic mass is 16.2. The molecule has 3 rings (SSSR count). The molecule has 0 radical (unpaired) electrons. The van der Waals surface area contributed by atoms with Crippen molar-refractivity contribution in [2.24, 2.45) is 5.92 Å². The molecular formula is C16H23N3O. The van der Waals surface area contributed by atoms with E-state index in [0.717, 1.165) is 39.0 Å². The number of carbonyl (C=O) groups is 1. The number of likely N-dealkylation sites (N-methyl/N-ethyl adjacent to an activating group) is 1. The minimum absolute atomic E-state index is 0.339. The highest BCUT2D eigenvalue weighted by molar-refractivity contribution is 5.80. The molecule has 1 aliphatic heterocycles. The van der Waals surface area contributed by atoms with Gasteiger partial charge in [-0.2, -0.15) is 0 Å². The van der Waals surface area contributed by atoms with Gasteiger partial charge in [-0.15, -0.1) is 0 Å². The number of amides is 1. The van der Waals surface area contributed by atoms with E-state index < -0.39 is 0 Å². The smallest absolute Gasteiger partial charge is 0.225 e. The number of carbonyl (C=O) groups excluding carboxylic acids is 1. The van der Waals surface area contributed by atoms with Crippen LogP contribution in [-0.4, -0.2) is 46.4 Å². The van der Waals surface area contributed by atoms with Crippen LogP contribution in [-0.2, 0) is 11.3 Å². The Bertz CT molecular complexity index is 452. The molecule has 1 aromatic rings. The highest BCUT2D eigenvalue weighted by Gasteiger charge is 2.38. The molecule has 1 amide bonds. The summed E-state index contributed by atoms with van der Waals surface area (Å²) < 4.78 is 0. The topological polar surface area (TPSA) is 36.4 Å². The van der Waals surface area contributed by atoms with Crippen LogP contribution in [0.3, 0.4) is 0 Å². The van der Waals surface area contributed by atoms with E-state index in [2.05, 4.69) is 28.9 Å². The molecule has 4 heteroatoms. The first-order valence-electron chi connectivity index (χ1n) is 7.69. The lowest BCUT2D eigenvalue weighted by Crippen LogP contribution is -2.62. The van der Waals surface area contributed by atoms with Gasteiger partial charge in [0.1, 0.15) is 0 Å². The SMILES string of the molecule is CCN(Cc1ccncc1)C1CN(C(=O)C2CCC2)C1.